The SMILES string of the molecule is N=C/C(=C\Nc1c(Cl)cc(C(F)(C(F)(F)F)C(F)(F)F)cc1Cl)c1ccc(Cl)c(CNC(=O)C2CC2)c1. The molecule has 1 aliphatic rings. The lowest BCUT2D eigenvalue weighted by atomic mass is 9.94. The highest BCUT2D eigenvalue weighted by Crippen LogP contribution is 2.54. The summed E-state index contributed by atoms with van der Waals surface area (Å²) in [6.07, 6.45) is -8.95. The summed E-state index contributed by atoms with van der Waals surface area (Å²) < 4.78 is 92.8. The van der Waals surface area contributed by atoms with E-state index in [0.29, 0.717) is 16.1 Å². The van der Waals surface area contributed by atoms with Gasteiger partial charge in [-0.15, -0.1) is 0 Å². The van der Waals surface area contributed by atoms with Gasteiger partial charge in [-0.05, 0) is 48.2 Å². The van der Waals surface area contributed by atoms with Crippen molar-refractivity contribution in [1.82, 2.24) is 5.32 Å². The zero-order valence-corrected chi connectivity index (χ0v) is 20.7. The molecule has 1 fully saturated rings. The molecule has 2 aromatic rings. The van der Waals surface area contributed by atoms with Crippen molar-refractivity contribution in [2.24, 2.45) is 5.92 Å². The minimum absolute atomic E-state index is 0.0149. The molecule has 3 N–H and O–H groups in total. The second-order valence-electron chi connectivity index (χ2n) is 8.16. The van der Waals surface area contributed by atoms with Gasteiger partial charge >= 0.3 is 18.0 Å². The normalized spacial score (nSPS) is 14.9. The summed E-state index contributed by atoms with van der Waals surface area (Å²) in [6, 6.07) is 5.01. The first kappa shape index (κ1) is 29.1. The molecule has 37 heavy (non-hydrogen) atoms. The van der Waals surface area contributed by atoms with Gasteiger partial charge in [0.25, 0.3) is 0 Å². The third-order valence-electron chi connectivity index (χ3n) is 5.53. The van der Waals surface area contributed by atoms with Crippen LogP contribution in [0.3, 0.4) is 0 Å². The highest BCUT2D eigenvalue weighted by molar-refractivity contribution is 6.39. The molecule has 4 nitrogen and oxygen atoms in total. The number of anilines is 1. The van der Waals surface area contributed by atoms with E-state index < -0.39 is 33.6 Å². The Kier molecular flexibility index (Phi) is 8.41. The number of nitrogens with one attached hydrogen (secondary N) is 3. The summed E-state index contributed by atoms with van der Waals surface area (Å²) in [5, 5.41) is 11.9. The van der Waals surface area contributed by atoms with Gasteiger partial charge in [0.2, 0.25) is 5.91 Å². The van der Waals surface area contributed by atoms with Crippen LogP contribution in [0.2, 0.25) is 15.1 Å². The maximum atomic E-state index is 14.4. The topological polar surface area (TPSA) is 65.0 Å². The first-order valence-electron chi connectivity index (χ1n) is 10.5. The minimum atomic E-state index is -6.33. The molecule has 0 aliphatic heterocycles. The summed E-state index contributed by atoms with van der Waals surface area (Å²) in [4.78, 5) is 11.9. The minimum Gasteiger partial charge on any atom is -0.359 e. The van der Waals surface area contributed by atoms with Gasteiger partial charge in [0, 0.05) is 41.0 Å². The Morgan fingerprint density at radius 3 is 2.00 bits per heavy atom. The Labute approximate surface area is 221 Å². The standard InChI is InChI=1S/C23H17Cl3F7N3O/c24-16-4-3-12(5-13(16)9-36-20(37)11-1-2-11)14(8-34)10-35-19-17(25)6-15(7-18(19)26)21(27,22(28,29)30)23(31,32)33/h3-8,10-11,34-35H,1-2,9H2,(H,36,37)/b14-10+,34-8?. The van der Waals surface area contributed by atoms with Gasteiger partial charge in [0.05, 0.1) is 15.7 Å². The quantitative estimate of drug-likeness (QED) is 0.215. The number of carbonyl (C=O) groups excluding carboxylic acids is 1. The van der Waals surface area contributed by atoms with Crippen LogP contribution in [0.25, 0.3) is 5.57 Å². The molecule has 0 heterocycles. The third kappa shape index (κ3) is 6.15. The third-order valence-corrected chi connectivity index (χ3v) is 6.49. The molecule has 1 amide bonds. The number of rotatable bonds is 8. The molecule has 0 unspecified atom stereocenters. The molecule has 0 radical (unpaired) electrons. The number of hydrogen-bond donors (Lipinski definition) is 3. The molecule has 0 aromatic heterocycles. The molecule has 3 rings (SSSR count). The molecule has 1 saturated carbocycles. The fourth-order valence-electron chi connectivity index (χ4n) is 3.32. The fourth-order valence-corrected chi connectivity index (χ4v) is 4.10. The summed E-state index contributed by atoms with van der Waals surface area (Å²) in [6.45, 7) is 0.128. The lowest BCUT2D eigenvalue weighted by Gasteiger charge is -2.30. The van der Waals surface area contributed by atoms with Crippen LogP contribution < -0.4 is 10.6 Å². The van der Waals surface area contributed by atoms with Gasteiger partial charge in [0.15, 0.2) is 0 Å². The molecule has 0 spiro atoms. The molecule has 0 saturated heterocycles. The predicted octanol–water partition coefficient (Wildman–Crippen LogP) is 8.06. The number of benzene rings is 2. The summed E-state index contributed by atoms with van der Waals surface area (Å²) in [7, 11) is 0. The van der Waals surface area contributed by atoms with E-state index in [1.165, 1.54) is 12.3 Å². The van der Waals surface area contributed by atoms with Crippen molar-refractivity contribution in [3.63, 3.8) is 0 Å². The van der Waals surface area contributed by atoms with Crippen LogP contribution >= 0.6 is 34.8 Å². The molecular weight excluding hydrogens is 574 g/mol. The zero-order chi connectivity index (χ0) is 27.8. The Hall–Kier alpha value is -2.50. The molecule has 200 valence electrons. The van der Waals surface area contributed by atoms with Gasteiger partial charge in [0.1, 0.15) is 0 Å². The number of alkyl halides is 7. The Morgan fingerprint density at radius 2 is 1.51 bits per heavy atom. The fraction of sp³-hybridized carbons (Fsp3) is 0.304. The van der Waals surface area contributed by atoms with Gasteiger partial charge in [-0.3, -0.25) is 4.79 Å². The molecular formula is C23H17Cl3F7N3O. The average molecular weight is 591 g/mol. The van der Waals surface area contributed by atoms with Crippen LogP contribution in [-0.4, -0.2) is 24.5 Å². The van der Waals surface area contributed by atoms with Crippen molar-refractivity contribution >= 4 is 58.2 Å². The van der Waals surface area contributed by atoms with E-state index in [0.717, 1.165) is 19.1 Å². The lowest BCUT2D eigenvalue weighted by molar-refractivity contribution is -0.348. The first-order valence-corrected chi connectivity index (χ1v) is 11.6. The van der Waals surface area contributed by atoms with Crippen molar-refractivity contribution < 1.29 is 35.5 Å². The summed E-state index contributed by atoms with van der Waals surface area (Å²) in [5.41, 5.74) is -6.68. The van der Waals surface area contributed by atoms with Crippen LogP contribution in [0.1, 0.15) is 29.5 Å². The van der Waals surface area contributed by atoms with Crippen LogP contribution in [0.15, 0.2) is 36.5 Å². The van der Waals surface area contributed by atoms with E-state index in [2.05, 4.69) is 10.6 Å². The second kappa shape index (κ2) is 10.7. The molecule has 0 bridgehead atoms. The smallest absolute Gasteiger partial charge is 0.359 e. The predicted molar refractivity (Wildman–Crippen MR) is 128 cm³/mol. The molecule has 2 aromatic carbocycles. The van der Waals surface area contributed by atoms with Gasteiger partial charge < -0.3 is 16.0 Å². The van der Waals surface area contributed by atoms with Crippen LogP contribution in [0.4, 0.5) is 36.4 Å². The van der Waals surface area contributed by atoms with E-state index >= 15 is 0 Å². The maximum absolute atomic E-state index is 14.4. The van der Waals surface area contributed by atoms with E-state index in [1.807, 2.05) is 0 Å². The Morgan fingerprint density at radius 1 is 0.946 bits per heavy atom. The highest BCUT2D eigenvalue weighted by atomic mass is 35.5. The van der Waals surface area contributed by atoms with Crippen molar-refractivity contribution in [2.45, 2.75) is 37.4 Å². The summed E-state index contributed by atoms with van der Waals surface area (Å²) in [5.74, 6) is -0.120. The lowest BCUT2D eigenvalue weighted by Crippen LogP contribution is -2.50. The number of amides is 1. The van der Waals surface area contributed by atoms with E-state index in [9.17, 15) is 35.5 Å². The van der Waals surface area contributed by atoms with Crippen molar-refractivity contribution in [3.05, 3.63) is 68.3 Å². The average Bonchev–Trinajstić information content (AvgIpc) is 3.64. The maximum Gasteiger partial charge on any atom is 0.435 e. The van der Waals surface area contributed by atoms with Gasteiger partial charge in [-0.2, -0.15) is 26.3 Å². The monoisotopic (exact) mass is 589 g/mol. The van der Waals surface area contributed by atoms with Gasteiger partial charge in [-0.1, -0.05) is 40.9 Å². The van der Waals surface area contributed by atoms with E-state index in [1.54, 1.807) is 12.1 Å². The van der Waals surface area contributed by atoms with Crippen molar-refractivity contribution in [3.8, 4) is 0 Å². The van der Waals surface area contributed by atoms with Crippen LogP contribution in [-0.2, 0) is 17.0 Å². The zero-order valence-electron chi connectivity index (χ0n) is 18.4. The number of carbonyl (C=O) groups is 1. The first-order chi connectivity index (χ1) is 17.1. The number of halogens is 10. The molecule has 14 heteroatoms. The summed E-state index contributed by atoms with van der Waals surface area (Å²) >= 11 is 17.9. The van der Waals surface area contributed by atoms with E-state index in [-0.39, 0.29) is 41.8 Å². The Balaban J connectivity index is 1.89. The number of allylic oxidation sites excluding steroid dienone is 1. The highest BCUT2D eigenvalue weighted by Gasteiger charge is 2.73. The van der Waals surface area contributed by atoms with Crippen molar-refractivity contribution in [2.75, 3.05) is 5.32 Å². The van der Waals surface area contributed by atoms with Gasteiger partial charge in [-0.25, -0.2) is 4.39 Å². The number of hydrogen-bond acceptors (Lipinski definition) is 3. The van der Waals surface area contributed by atoms with Crippen molar-refractivity contribution in [1.29, 1.82) is 5.41 Å². The molecule has 1 aliphatic carbocycles. The molecule has 0 atom stereocenters. The van der Waals surface area contributed by atoms with Crippen LogP contribution in [0, 0.1) is 11.3 Å². The largest absolute Gasteiger partial charge is 0.435 e. The van der Waals surface area contributed by atoms with Crippen LogP contribution in [0.5, 0.6) is 0 Å². The second-order valence-corrected chi connectivity index (χ2v) is 9.38. The van der Waals surface area contributed by atoms with E-state index in [4.69, 9.17) is 40.2 Å². The Bertz CT molecular complexity index is 1200.